The van der Waals surface area contributed by atoms with Crippen LogP contribution in [-0.4, -0.2) is 47.4 Å². The van der Waals surface area contributed by atoms with E-state index in [-0.39, 0.29) is 17.2 Å². The van der Waals surface area contributed by atoms with Gasteiger partial charge in [0.15, 0.2) is 6.29 Å². The fourth-order valence-electron chi connectivity index (χ4n) is 2.40. The number of aromatic nitrogens is 1. The topological polar surface area (TPSA) is 79.7 Å². The number of hydrogen-bond acceptors (Lipinski definition) is 5. The third-order valence-electron chi connectivity index (χ3n) is 3.81. The molecule has 2 rings (SSSR count). The van der Waals surface area contributed by atoms with Crippen LogP contribution < -0.4 is 4.74 Å². The van der Waals surface area contributed by atoms with Crippen LogP contribution in [0, 0.1) is 0 Å². The molecule has 0 aliphatic heterocycles. The molecule has 1 amide bonds. The molecule has 0 aliphatic carbocycles. The van der Waals surface area contributed by atoms with Gasteiger partial charge in [-0.2, -0.15) is 0 Å². The van der Waals surface area contributed by atoms with Crippen molar-refractivity contribution in [3.05, 3.63) is 53.9 Å². The lowest BCUT2D eigenvalue weighted by Crippen LogP contribution is -2.27. The average molecular weight is 342 g/mol. The van der Waals surface area contributed by atoms with Crippen molar-refractivity contribution in [3.63, 3.8) is 0 Å². The summed E-state index contributed by atoms with van der Waals surface area (Å²) in [6.07, 6.45) is 6.32. The predicted octanol–water partition coefficient (Wildman–Crippen LogP) is 2.92. The second-order valence-corrected chi connectivity index (χ2v) is 5.68. The molecule has 0 radical (unpaired) electrons. The molecule has 2 aromatic rings. The number of aldehydes is 1. The zero-order valence-corrected chi connectivity index (χ0v) is 14.2. The number of carbonyl (C=O) groups excluding carboxylic acids is 2. The highest BCUT2D eigenvalue weighted by Crippen LogP contribution is 2.25. The number of ether oxygens (including phenoxy) is 1. The molecule has 6 heteroatoms. The average Bonchev–Trinajstić information content (AvgIpc) is 2.64. The van der Waals surface area contributed by atoms with Crippen LogP contribution in [0.1, 0.15) is 40.0 Å². The molecule has 1 N–H and O–H groups in total. The Bertz CT molecular complexity index is 704. The Labute approximate surface area is 147 Å². The quantitative estimate of drug-likeness (QED) is 0.560. The molecule has 6 nitrogen and oxygen atoms in total. The largest absolute Gasteiger partial charge is 0.507 e. The van der Waals surface area contributed by atoms with Crippen molar-refractivity contribution in [2.45, 2.75) is 19.3 Å². The van der Waals surface area contributed by atoms with Crippen molar-refractivity contribution in [1.29, 1.82) is 0 Å². The standard InChI is InChI=1S/C19H22N2O4/c1-21(19(24)15-7-6-10-20-13-15)11-3-2-4-12-25-18-9-5-8-17(23)16(18)14-22/h5-10,13-14,23H,2-4,11-12H2,1H3. The van der Waals surface area contributed by atoms with E-state index >= 15 is 0 Å². The van der Waals surface area contributed by atoms with Crippen LogP contribution in [0.25, 0.3) is 0 Å². The maximum absolute atomic E-state index is 12.2. The van der Waals surface area contributed by atoms with Gasteiger partial charge in [-0.25, -0.2) is 0 Å². The summed E-state index contributed by atoms with van der Waals surface area (Å²) in [5.41, 5.74) is 0.753. The molecule has 132 valence electrons. The second kappa shape index (κ2) is 9.42. The molecule has 0 unspecified atom stereocenters. The molecule has 0 aliphatic rings. The highest BCUT2D eigenvalue weighted by atomic mass is 16.5. The third kappa shape index (κ3) is 5.31. The Morgan fingerprint density at radius 2 is 2.08 bits per heavy atom. The predicted molar refractivity (Wildman–Crippen MR) is 94.0 cm³/mol. The first-order valence-electron chi connectivity index (χ1n) is 8.19. The lowest BCUT2D eigenvalue weighted by atomic mass is 10.2. The molecule has 1 aromatic heterocycles. The molecule has 0 fully saturated rings. The van der Waals surface area contributed by atoms with Gasteiger partial charge in [0.25, 0.3) is 5.91 Å². The van der Waals surface area contributed by atoms with E-state index in [9.17, 15) is 14.7 Å². The molecule has 0 atom stereocenters. The Morgan fingerprint density at radius 3 is 2.80 bits per heavy atom. The number of unbranched alkanes of at least 4 members (excludes halogenated alkanes) is 2. The minimum atomic E-state index is -0.0805. The SMILES string of the molecule is CN(CCCCCOc1cccc(O)c1C=O)C(=O)c1cccnc1. The van der Waals surface area contributed by atoms with E-state index in [1.54, 1.807) is 48.6 Å². The highest BCUT2D eigenvalue weighted by molar-refractivity contribution is 5.93. The molecule has 0 bridgehead atoms. The molecular formula is C19H22N2O4. The molecular weight excluding hydrogens is 320 g/mol. The summed E-state index contributed by atoms with van der Waals surface area (Å²) in [7, 11) is 1.77. The van der Waals surface area contributed by atoms with E-state index in [2.05, 4.69) is 4.98 Å². The van der Waals surface area contributed by atoms with Crippen LogP contribution in [0.4, 0.5) is 0 Å². The van der Waals surface area contributed by atoms with Crippen molar-refractivity contribution in [1.82, 2.24) is 9.88 Å². The van der Waals surface area contributed by atoms with Crippen LogP contribution in [-0.2, 0) is 0 Å². The molecule has 0 saturated heterocycles. The third-order valence-corrected chi connectivity index (χ3v) is 3.81. The number of rotatable bonds is 9. The first-order valence-corrected chi connectivity index (χ1v) is 8.19. The van der Waals surface area contributed by atoms with Gasteiger partial charge < -0.3 is 14.7 Å². The Balaban J connectivity index is 1.68. The van der Waals surface area contributed by atoms with Gasteiger partial charge in [-0.05, 0) is 43.5 Å². The maximum Gasteiger partial charge on any atom is 0.255 e. The summed E-state index contributed by atoms with van der Waals surface area (Å²) < 4.78 is 5.55. The van der Waals surface area contributed by atoms with Gasteiger partial charge in [0.2, 0.25) is 0 Å². The van der Waals surface area contributed by atoms with E-state index in [1.807, 2.05) is 0 Å². The lowest BCUT2D eigenvalue weighted by molar-refractivity contribution is 0.0791. The second-order valence-electron chi connectivity index (χ2n) is 5.68. The van der Waals surface area contributed by atoms with Crippen molar-refractivity contribution >= 4 is 12.2 Å². The first-order chi connectivity index (χ1) is 12.1. The van der Waals surface area contributed by atoms with Gasteiger partial charge in [-0.3, -0.25) is 14.6 Å². The van der Waals surface area contributed by atoms with E-state index < -0.39 is 0 Å². The zero-order chi connectivity index (χ0) is 18.1. The highest BCUT2D eigenvalue weighted by Gasteiger charge is 2.11. The number of nitrogens with zero attached hydrogens (tertiary/aromatic N) is 2. The fraction of sp³-hybridized carbons (Fsp3) is 0.316. The molecule has 1 aromatic carbocycles. The van der Waals surface area contributed by atoms with Gasteiger partial charge in [0.05, 0.1) is 17.7 Å². The number of phenols is 1. The van der Waals surface area contributed by atoms with Crippen LogP contribution in [0.15, 0.2) is 42.7 Å². The summed E-state index contributed by atoms with van der Waals surface area (Å²) in [6, 6.07) is 8.24. The van der Waals surface area contributed by atoms with E-state index in [1.165, 1.54) is 6.07 Å². The minimum absolute atomic E-state index is 0.0419. The fourth-order valence-corrected chi connectivity index (χ4v) is 2.40. The number of pyridine rings is 1. The zero-order valence-electron chi connectivity index (χ0n) is 14.2. The number of aromatic hydroxyl groups is 1. The Hall–Kier alpha value is -2.89. The molecule has 0 spiro atoms. The number of hydrogen-bond donors (Lipinski definition) is 1. The van der Waals surface area contributed by atoms with Crippen molar-refractivity contribution in [2.24, 2.45) is 0 Å². The van der Waals surface area contributed by atoms with Crippen LogP contribution in [0.2, 0.25) is 0 Å². The van der Waals surface area contributed by atoms with Crippen molar-refractivity contribution < 1.29 is 19.4 Å². The smallest absolute Gasteiger partial charge is 0.255 e. The van der Waals surface area contributed by atoms with E-state index in [0.29, 0.717) is 30.8 Å². The monoisotopic (exact) mass is 342 g/mol. The summed E-state index contributed by atoms with van der Waals surface area (Å²) in [5.74, 6) is 0.265. The number of amides is 1. The summed E-state index contributed by atoms with van der Waals surface area (Å²) in [4.78, 5) is 28.7. The molecule has 25 heavy (non-hydrogen) atoms. The van der Waals surface area contributed by atoms with Crippen LogP contribution >= 0.6 is 0 Å². The Kier molecular flexibility index (Phi) is 6.95. The van der Waals surface area contributed by atoms with E-state index in [0.717, 1.165) is 19.3 Å². The molecule has 0 saturated carbocycles. The number of benzene rings is 1. The van der Waals surface area contributed by atoms with Gasteiger partial charge in [0, 0.05) is 26.0 Å². The summed E-state index contributed by atoms with van der Waals surface area (Å²) >= 11 is 0. The maximum atomic E-state index is 12.2. The van der Waals surface area contributed by atoms with Gasteiger partial charge in [-0.15, -0.1) is 0 Å². The number of carbonyl (C=O) groups is 2. The van der Waals surface area contributed by atoms with Crippen molar-refractivity contribution in [3.8, 4) is 11.5 Å². The van der Waals surface area contributed by atoms with E-state index in [4.69, 9.17) is 4.74 Å². The lowest BCUT2D eigenvalue weighted by Gasteiger charge is -2.17. The summed E-state index contributed by atoms with van der Waals surface area (Å²) in [5, 5.41) is 9.59. The van der Waals surface area contributed by atoms with Gasteiger partial charge in [-0.1, -0.05) is 6.07 Å². The van der Waals surface area contributed by atoms with Crippen LogP contribution in [0.5, 0.6) is 11.5 Å². The van der Waals surface area contributed by atoms with Crippen molar-refractivity contribution in [2.75, 3.05) is 20.2 Å². The van der Waals surface area contributed by atoms with Gasteiger partial charge >= 0.3 is 0 Å². The van der Waals surface area contributed by atoms with Gasteiger partial charge in [0.1, 0.15) is 11.5 Å². The van der Waals surface area contributed by atoms with Crippen LogP contribution in [0.3, 0.4) is 0 Å². The molecule has 1 heterocycles. The minimum Gasteiger partial charge on any atom is -0.507 e. The normalized spacial score (nSPS) is 10.3. The Morgan fingerprint density at radius 1 is 1.24 bits per heavy atom. The first kappa shape index (κ1) is 18.4. The summed E-state index contributed by atoms with van der Waals surface area (Å²) in [6.45, 7) is 1.10. The number of phenolic OH excluding ortho intramolecular Hbond substituents is 1.